The first-order chi connectivity index (χ1) is 6.70. The summed E-state index contributed by atoms with van der Waals surface area (Å²) >= 11 is 3.62. The third kappa shape index (κ3) is 1.57. The Morgan fingerprint density at radius 1 is 1.00 bits per heavy atom. The molecular formula is C13H13Br. The molecule has 0 nitrogen and oxygen atoms in total. The van der Waals surface area contributed by atoms with Crippen LogP contribution in [0.2, 0.25) is 0 Å². The Hall–Kier alpha value is -0.820. The molecule has 0 saturated heterocycles. The van der Waals surface area contributed by atoms with Crippen LogP contribution < -0.4 is 0 Å². The van der Waals surface area contributed by atoms with Gasteiger partial charge in [0.15, 0.2) is 0 Å². The zero-order chi connectivity index (χ0) is 10.1. The Kier molecular flexibility index (Phi) is 2.60. The minimum absolute atomic E-state index is 0.567. The van der Waals surface area contributed by atoms with E-state index in [2.05, 4.69) is 66.2 Å². The molecule has 0 aromatic heterocycles. The number of halogens is 1. The predicted molar refractivity (Wildman–Crippen MR) is 65.7 cm³/mol. The number of hydrogen-bond acceptors (Lipinski definition) is 0. The lowest BCUT2D eigenvalue weighted by Gasteiger charge is -2.11. The van der Waals surface area contributed by atoms with Crippen LogP contribution in [-0.2, 0) is 0 Å². The van der Waals surface area contributed by atoms with Crippen LogP contribution in [0.25, 0.3) is 10.8 Å². The molecule has 0 N–H and O–H groups in total. The number of benzene rings is 2. The average molecular weight is 249 g/mol. The Morgan fingerprint density at radius 2 is 1.64 bits per heavy atom. The molecule has 0 aliphatic rings. The van der Waals surface area contributed by atoms with Crippen molar-refractivity contribution in [3.8, 4) is 0 Å². The van der Waals surface area contributed by atoms with E-state index in [1.165, 1.54) is 20.8 Å². The molecule has 0 heterocycles. The molecule has 1 heteroatoms. The topological polar surface area (TPSA) is 0 Å². The molecule has 0 radical (unpaired) electrons. The third-order valence-corrected chi connectivity index (χ3v) is 3.17. The zero-order valence-electron chi connectivity index (χ0n) is 8.42. The second-order valence-corrected chi connectivity index (χ2v) is 4.69. The summed E-state index contributed by atoms with van der Waals surface area (Å²) in [5.74, 6) is 0.567. The van der Waals surface area contributed by atoms with Gasteiger partial charge < -0.3 is 0 Å². The summed E-state index contributed by atoms with van der Waals surface area (Å²) in [6.07, 6.45) is 0. The van der Waals surface area contributed by atoms with Crippen LogP contribution in [0, 0.1) is 0 Å². The highest BCUT2D eigenvalue weighted by atomic mass is 79.9. The van der Waals surface area contributed by atoms with Crippen molar-refractivity contribution in [3.63, 3.8) is 0 Å². The van der Waals surface area contributed by atoms with Crippen molar-refractivity contribution in [2.24, 2.45) is 0 Å². The molecule has 0 aliphatic carbocycles. The van der Waals surface area contributed by atoms with Crippen LogP contribution in [0.1, 0.15) is 25.3 Å². The van der Waals surface area contributed by atoms with Crippen molar-refractivity contribution in [1.29, 1.82) is 0 Å². The lowest BCUT2D eigenvalue weighted by atomic mass is 9.96. The molecule has 0 fully saturated rings. The smallest absolute Gasteiger partial charge is 0.0256 e. The van der Waals surface area contributed by atoms with Gasteiger partial charge in [0.1, 0.15) is 0 Å². The molecule has 0 unspecified atom stereocenters. The van der Waals surface area contributed by atoms with Crippen LogP contribution in [-0.4, -0.2) is 0 Å². The number of rotatable bonds is 1. The van der Waals surface area contributed by atoms with Crippen molar-refractivity contribution in [2.45, 2.75) is 19.8 Å². The van der Waals surface area contributed by atoms with Gasteiger partial charge >= 0.3 is 0 Å². The highest BCUT2D eigenvalue weighted by Gasteiger charge is 2.06. The van der Waals surface area contributed by atoms with Crippen molar-refractivity contribution in [2.75, 3.05) is 0 Å². The SMILES string of the molecule is CC(C)c1cccc2cccc(Br)c12. The average Bonchev–Trinajstić information content (AvgIpc) is 2.17. The van der Waals surface area contributed by atoms with Gasteiger partial charge in [0.25, 0.3) is 0 Å². The largest absolute Gasteiger partial charge is 0.0613 e. The normalized spacial score (nSPS) is 11.1. The second kappa shape index (κ2) is 3.74. The summed E-state index contributed by atoms with van der Waals surface area (Å²) in [5.41, 5.74) is 1.41. The van der Waals surface area contributed by atoms with E-state index in [9.17, 15) is 0 Å². The summed E-state index contributed by atoms with van der Waals surface area (Å²) < 4.78 is 1.19. The lowest BCUT2D eigenvalue weighted by molar-refractivity contribution is 0.876. The monoisotopic (exact) mass is 248 g/mol. The van der Waals surface area contributed by atoms with Gasteiger partial charge in [0, 0.05) is 4.47 Å². The van der Waals surface area contributed by atoms with E-state index < -0.39 is 0 Å². The van der Waals surface area contributed by atoms with E-state index in [-0.39, 0.29) is 0 Å². The van der Waals surface area contributed by atoms with E-state index in [0.717, 1.165) is 0 Å². The molecule has 0 atom stereocenters. The Bertz CT molecular complexity index is 452. The van der Waals surface area contributed by atoms with Gasteiger partial charge in [-0.3, -0.25) is 0 Å². The maximum atomic E-state index is 3.62. The zero-order valence-corrected chi connectivity index (χ0v) is 10.0. The van der Waals surface area contributed by atoms with Gasteiger partial charge in [-0.05, 0) is 28.3 Å². The van der Waals surface area contributed by atoms with Gasteiger partial charge in [-0.15, -0.1) is 0 Å². The van der Waals surface area contributed by atoms with Crippen LogP contribution in [0.3, 0.4) is 0 Å². The highest BCUT2D eigenvalue weighted by Crippen LogP contribution is 2.31. The first-order valence-corrected chi connectivity index (χ1v) is 5.66. The molecule has 72 valence electrons. The number of fused-ring (bicyclic) bond motifs is 1. The summed E-state index contributed by atoms with van der Waals surface area (Å²) in [6, 6.07) is 12.8. The van der Waals surface area contributed by atoms with E-state index in [0.29, 0.717) is 5.92 Å². The second-order valence-electron chi connectivity index (χ2n) is 3.84. The molecule has 0 aliphatic heterocycles. The molecule has 0 amide bonds. The summed E-state index contributed by atoms with van der Waals surface area (Å²) in [5, 5.41) is 2.66. The van der Waals surface area contributed by atoms with Crippen molar-refractivity contribution in [3.05, 3.63) is 46.4 Å². The molecule has 2 aromatic rings. The molecule has 2 aromatic carbocycles. The van der Waals surface area contributed by atoms with Gasteiger partial charge in [-0.1, -0.05) is 60.1 Å². The fourth-order valence-electron chi connectivity index (χ4n) is 1.80. The summed E-state index contributed by atoms with van der Waals surface area (Å²) in [7, 11) is 0. The molecule has 0 bridgehead atoms. The van der Waals surface area contributed by atoms with Crippen molar-refractivity contribution < 1.29 is 0 Å². The molecular weight excluding hydrogens is 236 g/mol. The minimum atomic E-state index is 0.567. The fraction of sp³-hybridized carbons (Fsp3) is 0.231. The standard InChI is InChI=1S/C13H13Br/c1-9(2)11-7-3-5-10-6-4-8-12(14)13(10)11/h3-9H,1-2H3. The van der Waals surface area contributed by atoms with Crippen LogP contribution >= 0.6 is 15.9 Å². The maximum absolute atomic E-state index is 3.62. The fourth-order valence-corrected chi connectivity index (χ4v) is 2.41. The van der Waals surface area contributed by atoms with Crippen LogP contribution in [0.5, 0.6) is 0 Å². The van der Waals surface area contributed by atoms with Gasteiger partial charge in [-0.2, -0.15) is 0 Å². The first-order valence-electron chi connectivity index (χ1n) is 4.87. The third-order valence-electron chi connectivity index (χ3n) is 2.51. The Balaban J connectivity index is 2.84. The van der Waals surface area contributed by atoms with Gasteiger partial charge in [-0.25, -0.2) is 0 Å². The van der Waals surface area contributed by atoms with Gasteiger partial charge in [0.05, 0.1) is 0 Å². The summed E-state index contributed by atoms with van der Waals surface area (Å²) in [4.78, 5) is 0. The lowest BCUT2D eigenvalue weighted by Crippen LogP contribution is -1.89. The van der Waals surface area contributed by atoms with Crippen molar-refractivity contribution >= 4 is 26.7 Å². The Labute approximate surface area is 93.1 Å². The van der Waals surface area contributed by atoms with Crippen LogP contribution in [0.15, 0.2) is 40.9 Å². The first kappa shape index (κ1) is 9.72. The number of hydrogen-bond donors (Lipinski definition) is 0. The Morgan fingerprint density at radius 3 is 2.29 bits per heavy atom. The molecule has 2 rings (SSSR count). The van der Waals surface area contributed by atoms with E-state index in [1.54, 1.807) is 0 Å². The molecule has 14 heavy (non-hydrogen) atoms. The molecule has 0 saturated carbocycles. The summed E-state index contributed by atoms with van der Waals surface area (Å²) in [6.45, 7) is 4.46. The minimum Gasteiger partial charge on any atom is -0.0613 e. The van der Waals surface area contributed by atoms with E-state index in [1.807, 2.05) is 0 Å². The quantitative estimate of drug-likeness (QED) is 0.685. The predicted octanol–water partition coefficient (Wildman–Crippen LogP) is 4.73. The highest BCUT2D eigenvalue weighted by molar-refractivity contribution is 9.10. The maximum Gasteiger partial charge on any atom is 0.0256 e. The van der Waals surface area contributed by atoms with Crippen LogP contribution in [0.4, 0.5) is 0 Å². The van der Waals surface area contributed by atoms with E-state index >= 15 is 0 Å². The van der Waals surface area contributed by atoms with Crippen molar-refractivity contribution in [1.82, 2.24) is 0 Å². The van der Waals surface area contributed by atoms with Gasteiger partial charge in [0.2, 0.25) is 0 Å². The molecule has 0 spiro atoms. The van der Waals surface area contributed by atoms with E-state index in [4.69, 9.17) is 0 Å².